The van der Waals surface area contributed by atoms with Crippen LogP contribution in [-0.4, -0.2) is 38.4 Å². The van der Waals surface area contributed by atoms with Crippen LogP contribution in [0.3, 0.4) is 0 Å². The summed E-state index contributed by atoms with van der Waals surface area (Å²) in [5, 5.41) is 0. The van der Waals surface area contributed by atoms with Gasteiger partial charge in [-0.05, 0) is 31.2 Å². The zero-order valence-electron chi connectivity index (χ0n) is 13.0. The van der Waals surface area contributed by atoms with E-state index in [2.05, 4.69) is 0 Å². The number of ether oxygens (including phenoxy) is 3. The summed E-state index contributed by atoms with van der Waals surface area (Å²) in [6.45, 7) is 1.95. The average Bonchev–Trinajstić information content (AvgIpc) is 2.55. The zero-order valence-corrected chi connectivity index (χ0v) is 13.0. The van der Waals surface area contributed by atoms with E-state index in [4.69, 9.17) is 14.2 Å². The third-order valence-electron chi connectivity index (χ3n) is 3.26. The van der Waals surface area contributed by atoms with Crippen molar-refractivity contribution >= 4 is 23.6 Å². The van der Waals surface area contributed by atoms with Crippen LogP contribution in [0.2, 0.25) is 0 Å². The number of carbonyl (C=O) groups is 3. The molecule has 6 heteroatoms. The SMILES string of the molecule is CCOC(=O)/C=C/c1cc(OC)c2c(c1OC)C(=O)C=CC2=O. The average molecular weight is 316 g/mol. The second-order valence-corrected chi connectivity index (χ2v) is 4.60. The fraction of sp³-hybridized carbons (Fsp3) is 0.235. The van der Waals surface area contributed by atoms with E-state index >= 15 is 0 Å². The Kier molecular flexibility index (Phi) is 4.95. The monoisotopic (exact) mass is 316 g/mol. The molecule has 23 heavy (non-hydrogen) atoms. The predicted octanol–water partition coefficient (Wildman–Crippen LogP) is 2.22. The minimum Gasteiger partial charge on any atom is -0.496 e. The number of rotatable bonds is 5. The lowest BCUT2D eigenvalue weighted by Crippen LogP contribution is -2.15. The van der Waals surface area contributed by atoms with E-state index in [1.807, 2.05) is 0 Å². The van der Waals surface area contributed by atoms with Crippen LogP contribution in [0.4, 0.5) is 0 Å². The lowest BCUT2D eigenvalue weighted by Gasteiger charge is -2.18. The van der Waals surface area contributed by atoms with Gasteiger partial charge in [0.05, 0.1) is 32.0 Å². The maximum Gasteiger partial charge on any atom is 0.330 e. The summed E-state index contributed by atoms with van der Waals surface area (Å²) in [6.07, 6.45) is 5.06. The van der Waals surface area contributed by atoms with Gasteiger partial charge >= 0.3 is 5.97 Å². The lowest BCUT2D eigenvalue weighted by atomic mass is 9.90. The van der Waals surface area contributed by atoms with E-state index in [0.717, 1.165) is 0 Å². The largest absolute Gasteiger partial charge is 0.496 e. The van der Waals surface area contributed by atoms with E-state index in [-0.39, 0.29) is 40.8 Å². The van der Waals surface area contributed by atoms with E-state index < -0.39 is 5.97 Å². The Hall–Kier alpha value is -2.89. The van der Waals surface area contributed by atoms with Crippen molar-refractivity contribution in [2.45, 2.75) is 6.92 Å². The number of benzene rings is 1. The number of carbonyl (C=O) groups excluding carboxylic acids is 3. The van der Waals surface area contributed by atoms with Crippen molar-refractivity contribution in [1.29, 1.82) is 0 Å². The van der Waals surface area contributed by atoms with Crippen molar-refractivity contribution in [3.63, 3.8) is 0 Å². The van der Waals surface area contributed by atoms with Gasteiger partial charge in [0.15, 0.2) is 11.6 Å². The molecule has 6 nitrogen and oxygen atoms in total. The summed E-state index contributed by atoms with van der Waals surface area (Å²) in [5.74, 6) is -0.763. The van der Waals surface area contributed by atoms with E-state index in [9.17, 15) is 14.4 Å². The molecule has 0 aromatic heterocycles. The molecule has 2 rings (SSSR count). The highest BCUT2D eigenvalue weighted by atomic mass is 16.5. The molecule has 1 aliphatic rings. The molecule has 120 valence electrons. The molecular weight excluding hydrogens is 300 g/mol. The molecule has 0 aliphatic heterocycles. The van der Waals surface area contributed by atoms with Gasteiger partial charge in [-0.2, -0.15) is 0 Å². The molecule has 1 aliphatic carbocycles. The minimum atomic E-state index is -0.520. The third-order valence-corrected chi connectivity index (χ3v) is 3.26. The van der Waals surface area contributed by atoms with Gasteiger partial charge in [0.25, 0.3) is 0 Å². The lowest BCUT2D eigenvalue weighted by molar-refractivity contribution is -0.137. The van der Waals surface area contributed by atoms with Crippen LogP contribution in [0.5, 0.6) is 11.5 Å². The molecule has 0 spiro atoms. The number of allylic oxidation sites excluding steroid dienone is 2. The Morgan fingerprint density at radius 3 is 2.30 bits per heavy atom. The summed E-state index contributed by atoms with van der Waals surface area (Å²) < 4.78 is 15.3. The molecule has 0 saturated carbocycles. The predicted molar refractivity (Wildman–Crippen MR) is 83.0 cm³/mol. The molecule has 1 aromatic rings. The van der Waals surface area contributed by atoms with Crippen LogP contribution < -0.4 is 9.47 Å². The first-order valence-electron chi connectivity index (χ1n) is 6.94. The molecule has 1 aromatic carbocycles. The molecule has 0 saturated heterocycles. The highest BCUT2D eigenvalue weighted by molar-refractivity contribution is 6.24. The highest BCUT2D eigenvalue weighted by Gasteiger charge is 2.29. The quantitative estimate of drug-likeness (QED) is 0.612. The summed E-state index contributed by atoms with van der Waals surface area (Å²) in [6, 6.07) is 1.54. The molecular formula is C17H16O6. The number of hydrogen-bond donors (Lipinski definition) is 0. The van der Waals surface area contributed by atoms with Crippen molar-refractivity contribution in [2.24, 2.45) is 0 Å². The standard InChI is InChI=1S/C17H16O6/c1-4-23-14(20)8-5-10-9-13(21-2)15-11(18)6-7-12(19)16(15)17(10)22-3/h5-9H,4H2,1-3H3/b8-5+. The van der Waals surface area contributed by atoms with Crippen LogP contribution in [-0.2, 0) is 9.53 Å². The number of hydrogen-bond acceptors (Lipinski definition) is 6. The Labute approximate surface area is 133 Å². The molecule has 0 fully saturated rings. The Bertz CT molecular complexity index is 727. The van der Waals surface area contributed by atoms with Crippen molar-refractivity contribution in [3.8, 4) is 11.5 Å². The fourth-order valence-corrected chi connectivity index (χ4v) is 2.31. The maximum atomic E-state index is 12.2. The Morgan fingerprint density at radius 2 is 1.74 bits per heavy atom. The maximum absolute atomic E-state index is 12.2. The molecule has 0 amide bonds. The third kappa shape index (κ3) is 3.15. The molecule has 0 N–H and O–H groups in total. The van der Waals surface area contributed by atoms with Crippen LogP contribution in [0.25, 0.3) is 6.08 Å². The van der Waals surface area contributed by atoms with Gasteiger partial charge in [-0.15, -0.1) is 0 Å². The first-order chi connectivity index (χ1) is 11.0. The molecule has 0 atom stereocenters. The smallest absolute Gasteiger partial charge is 0.330 e. The molecule has 0 radical (unpaired) electrons. The first kappa shape index (κ1) is 16.5. The summed E-state index contributed by atoms with van der Waals surface area (Å²) in [5.41, 5.74) is 0.723. The van der Waals surface area contributed by atoms with Crippen molar-refractivity contribution in [2.75, 3.05) is 20.8 Å². The second kappa shape index (κ2) is 6.91. The molecule has 0 unspecified atom stereocenters. The van der Waals surface area contributed by atoms with Crippen LogP contribution in [0, 0.1) is 0 Å². The van der Waals surface area contributed by atoms with Gasteiger partial charge < -0.3 is 14.2 Å². The molecule has 0 heterocycles. The van der Waals surface area contributed by atoms with Gasteiger partial charge in [-0.1, -0.05) is 0 Å². The summed E-state index contributed by atoms with van der Waals surface area (Å²) in [7, 11) is 2.79. The van der Waals surface area contributed by atoms with E-state index in [1.54, 1.807) is 6.92 Å². The van der Waals surface area contributed by atoms with Crippen LogP contribution >= 0.6 is 0 Å². The van der Waals surface area contributed by atoms with E-state index in [0.29, 0.717) is 5.56 Å². The highest BCUT2D eigenvalue weighted by Crippen LogP contribution is 2.37. The topological polar surface area (TPSA) is 78.9 Å². The number of fused-ring (bicyclic) bond motifs is 1. The van der Waals surface area contributed by atoms with Gasteiger partial charge in [0.2, 0.25) is 0 Å². The number of methoxy groups -OCH3 is 2. The Morgan fingerprint density at radius 1 is 1.09 bits per heavy atom. The van der Waals surface area contributed by atoms with Crippen molar-refractivity contribution in [1.82, 2.24) is 0 Å². The van der Waals surface area contributed by atoms with Crippen LogP contribution in [0.1, 0.15) is 33.2 Å². The Balaban J connectivity index is 2.62. The van der Waals surface area contributed by atoms with Gasteiger partial charge in [-0.3, -0.25) is 9.59 Å². The normalized spacial score (nSPS) is 13.2. The van der Waals surface area contributed by atoms with Gasteiger partial charge in [-0.25, -0.2) is 4.79 Å². The minimum absolute atomic E-state index is 0.128. The number of esters is 1. The zero-order chi connectivity index (χ0) is 17.0. The van der Waals surface area contributed by atoms with Crippen LogP contribution in [0.15, 0.2) is 24.3 Å². The second-order valence-electron chi connectivity index (χ2n) is 4.60. The van der Waals surface area contributed by atoms with Crippen molar-refractivity contribution in [3.05, 3.63) is 41.0 Å². The van der Waals surface area contributed by atoms with Gasteiger partial charge in [0, 0.05) is 11.6 Å². The van der Waals surface area contributed by atoms with Gasteiger partial charge in [0.1, 0.15) is 11.5 Å². The summed E-state index contributed by atoms with van der Waals surface area (Å²) in [4.78, 5) is 35.7. The number of ketones is 2. The first-order valence-corrected chi connectivity index (χ1v) is 6.94. The van der Waals surface area contributed by atoms with E-state index in [1.165, 1.54) is 44.6 Å². The summed E-state index contributed by atoms with van der Waals surface area (Å²) >= 11 is 0. The fourth-order valence-electron chi connectivity index (χ4n) is 2.31. The van der Waals surface area contributed by atoms with Crippen molar-refractivity contribution < 1.29 is 28.6 Å². The molecule has 0 bridgehead atoms.